The molecule has 0 atom stereocenters. The van der Waals surface area contributed by atoms with Gasteiger partial charge in [-0.25, -0.2) is 0 Å². The van der Waals surface area contributed by atoms with E-state index in [1.807, 2.05) is 48.2 Å². The number of hydrogen-bond acceptors (Lipinski definition) is 3. The molecule has 0 bridgehead atoms. The van der Waals surface area contributed by atoms with Gasteiger partial charge in [0.2, 0.25) is 0 Å². The summed E-state index contributed by atoms with van der Waals surface area (Å²) in [5.74, 6) is 0.816. The Morgan fingerprint density at radius 2 is 1.81 bits per heavy atom. The molecular formula is C25H31N3O2S. The summed E-state index contributed by atoms with van der Waals surface area (Å²) >= 11 is 5.70. The van der Waals surface area contributed by atoms with E-state index in [9.17, 15) is 4.79 Å². The van der Waals surface area contributed by atoms with Crippen LogP contribution in [0.25, 0.3) is 10.9 Å². The maximum absolute atomic E-state index is 12.9. The number of aromatic nitrogens is 1. The summed E-state index contributed by atoms with van der Waals surface area (Å²) in [5.41, 5.74) is 4.84. The van der Waals surface area contributed by atoms with Crippen LogP contribution in [-0.4, -0.2) is 28.7 Å². The van der Waals surface area contributed by atoms with Gasteiger partial charge in [0.25, 0.3) is 5.56 Å². The summed E-state index contributed by atoms with van der Waals surface area (Å²) in [4.78, 5) is 18.0. The zero-order chi connectivity index (χ0) is 22.4. The molecule has 5 nitrogen and oxygen atoms in total. The highest BCUT2D eigenvalue weighted by Gasteiger charge is 2.15. The number of ether oxygens (including phenoxy) is 1. The normalized spacial score (nSPS) is 10.8. The van der Waals surface area contributed by atoms with E-state index < -0.39 is 0 Å². The molecule has 164 valence electrons. The second-order valence-electron chi connectivity index (χ2n) is 7.90. The van der Waals surface area contributed by atoms with Crippen molar-refractivity contribution in [2.24, 2.45) is 0 Å². The molecule has 3 aromatic rings. The number of aryl methyl sites for hydroxylation is 2. The topological polar surface area (TPSA) is 57.4 Å². The number of nitrogens with one attached hydrogen (secondary N) is 2. The summed E-state index contributed by atoms with van der Waals surface area (Å²) in [5, 5.41) is 5.07. The average Bonchev–Trinajstić information content (AvgIpc) is 2.77. The van der Waals surface area contributed by atoms with Gasteiger partial charge in [-0.15, -0.1) is 0 Å². The number of H-pyrrole nitrogens is 1. The number of rotatable bonds is 8. The minimum absolute atomic E-state index is 0.0720. The fourth-order valence-corrected chi connectivity index (χ4v) is 3.81. The molecule has 1 aromatic heterocycles. The predicted octanol–water partition coefficient (Wildman–Crippen LogP) is 4.83. The first-order valence-electron chi connectivity index (χ1n) is 10.7. The van der Waals surface area contributed by atoms with Gasteiger partial charge in [-0.3, -0.25) is 4.79 Å². The molecule has 0 aliphatic rings. The smallest absolute Gasteiger partial charge is 0.253 e. The van der Waals surface area contributed by atoms with Crippen molar-refractivity contribution in [2.75, 3.05) is 13.7 Å². The Morgan fingerprint density at radius 3 is 2.48 bits per heavy atom. The first-order valence-corrected chi connectivity index (χ1v) is 11.1. The lowest BCUT2D eigenvalue weighted by Gasteiger charge is -2.26. The van der Waals surface area contributed by atoms with Gasteiger partial charge in [-0.05, 0) is 67.4 Å². The lowest BCUT2D eigenvalue weighted by Crippen LogP contribution is -2.40. The highest BCUT2D eigenvalue weighted by molar-refractivity contribution is 7.80. The Morgan fingerprint density at radius 1 is 1.10 bits per heavy atom. The summed E-state index contributed by atoms with van der Waals surface area (Å²) in [6.07, 6.45) is 2.14. The molecule has 0 radical (unpaired) electrons. The molecule has 0 aliphatic carbocycles. The van der Waals surface area contributed by atoms with Crippen molar-refractivity contribution in [3.63, 3.8) is 0 Å². The van der Waals surface area contributed by atoms with Crippen LogP contribution in [0.3, 0.4) is 0 Å². The van der Waals surface area contributed by atoms with Crippen LogP contribution in [-0.2, 0) is 13.1 Å². The number of fused-ring (bicyclic) bond motifs is 1. The fourth-order valence-electron chi connectivity index (χ4n) is 3.58. The molecule has 31 heavy (non-hydrogen) atoms. The molecule has 0 aliphatic heterocycles. The van der Waals surface area contributed by atoms with Gasteiger partial charge in [-0.1, -0.05) is 37.6 Å². The van der Waals surface area contributed by atoms with Crippen molar-refractivity contribution in [3.05, 3.63) is 75.1 Å². The molecular weight excluding hydrogens is 406 g/mol. The van der Waals surface area contributed by atoms with Crippen LogP contribution in [0.1, 0.15) is 42.0 Å². The summed E-state index contributed by atoms with van der Waals surface area (Å²) in [6, 6.07) is 14.1. The maximum atomic E-state index is 12.9. The third kappa shape index (κ3) is 5.64. The van der Waals surface area contributed by atoms with Crippen molar-refractivity contribution in [1.82, 2.24) is 15.2 Å². The van der Waals surface area contributed by atoms with E-state index in [1.54, 1.807) is 7.11 Å². The standard InChI is InChI=1S/C25H31N3O2S/c1-5-6-13-26-25(31)28(15-19-9-11-21(30-4)12-10-19)16-20-14-22-17(2)7-8-18(3)23(22)27-24(20)29/h7-12,14H,5-6,13,15-16H2,1-4H3,(H,26,31)(H,27,29). The molecule has 6 heteroatoms. The lowest BCUT2D eigenvalue weighted by atomic mass is 10.0. The average molecular weight is 438 g/mol. The van der Waals surface area contributed by atoms with E-state index >= 15 is 0 Å². The second-order valence-corrected chi connectivity index (χ2v) is 8.29. The molecule has 3 rings (SSSR count). The molecule has 1 heterocycles. The Bertz CT molecular complexity index is 1110. The number of nitrogens with zero attached hydrogens (tertiary/aromatic N) is 1. The third-order valence-corrected chi connectivity index (χ3v) is 5.91. The number of hydrogen-bond donors (Lipinski definition) is 2. The van der Waals surface area contributed by atoms with E-state index in [-0.39, 0.29) is 5.56 Å². The Kier molecular flexibility index (Phi) is 7.69. The van der Waals surface area contributed by atoms with Crippen LogP contribution < -0.4 is 15.6 Å². The van der Waals surface area contributed by atoms with Gasteiger partial charge in [-0.2, -0.15) is 0 Å². The quantitative estimate of drug-likeness (QED) is 0.390. The fraction of sp³-hybridized carbons (Fsp3) is 0.360. The monoisotopic (exact) mass is 437 g/mol. The Balaban J connectivity index is 1.91. The van der Waals surface area contributed by atoms with Crippen molar-refractivity contribution in [3.8, 4) is 5.75 Å². The van der Waals surface area contributed by atoms with Gasteiger partial charge in [0.1, 0.15) is 5.75 Å². The van der Waals surface area contributed by atoms with Gasteiger partial charge in [0, 0.05) is 24.0 Å². The van der Waals surface area contributed by atoms with Crippen LogP contribution in [0.15, 0.2) is 47.3 Å². The van der Waals surface area contributed by atoms with E-state index in [1.165, 1.54) is 0 Å². The third-order valence-electron chi connectivity index (χ3n) is 5.51. The highest BCUT2D eigenvalue weighted by atomic mass is 32.1. The molecule has 0 amide bonds. The summed E-state index contributed by atoms with van der Waals surface area (Å²) < 4.78 is 5.26. The first kappa shape index (κ1) is 22.8. The molecule has 0 unspecified atom stereocenters. The number of aromatic amines is 1. The number of unbranched alkanes of at least 4 members (excludes halogenated alkanes) is 1. The molecule has 2 aromatic carbocycles. The number of pyridine rings is 1. The minimum Gasteiger partial charge on any atom is -0.497 e. The van der Waals surface area contributed by atoms with E-state index in [2.05, 4.69) is 30.2 Å². The van der Waals surface area contributed by atoms with Gasteiger partial charge >= 0.3 is 0 Å². The molecule has 0 spiro atoms. The predicted molar refractivity (Wildman–Crippen MR) is 132 cm³/mol. The van der Waals surface area contributed by atoms with Crippen LogP contribution in [0.2, 0.25) is 0 Å². The minimum atomic E-state index is -0.0720. The van der Waals surface area contributed by atoms with E-state index in [0.717, 1.165) is 52.7 Å². The van der Waals surface area contributed by atoms with Crippen LogP contribution in [0.5, 0.6) is 5.75 Å². The van der Waals surface area contributed by atoms with Crippen LogP contribution in [0, 0.1) is 13.8 Å². The zero-order valence-corrected chi connectivity index (χ0v) is 19.6. The first-order chi connectivity index (χ1) is 14.9. The SMILES string of the molecule is CCCCNC(=S)N(Cc1ccc(OC)cc1)Cc1cc2c(C)ccc(C)c2[nH]c1=O. The van der Waals surface area contributed by atoms with Gasteiger partial charge in [0.05, 0.1) is 19.2 Å². The lowest BCUT2D eigenvalue weighted by molar-refractivity contribution is 0.395. The largest absolute Gasteiger partial charge is 0.497 e. The Hall–Kier alpha value is -2.86. The Labute approximate surface area is 189 Å². The number of methoxy groups -OCH3 is 1. The zero-order valence-electron chi connectivity index (χ0n) is 18.7. The van der Waals surface area contributed by atoms with Crippen molar-refractivity contribution in [1.29, 1.82) is 0 Å². The van der Waals surface area contributed by atoms with Crippen molar-refractivity contribution >= 4 is 28.2 Å². The van der Waals surface area contributed by atoms with Crippen molar-refractivity contribution in [2.45, 2.75) is 46.7 Å². The van der Waals surface area contributed by atoms with E-state index in [0.29, 0.717) is 23.8 Å². The molecule has 0 saturated carbocycles. The molecule has 2 N–H and O–H groups in total. The van der Waals surface area contributed by atoms with Crippen LogP contribution in [0.4, 0.5) is 0 Å². The number of thiocarbonyl (C=S) groups is 1. The van der Waals surface area contributed by atoms with Gasteiger partial charge in [0.15, 0.2) is 5.11 Å². The van der Waals surface area contributed by atoms with Gasteiger partial charge < -0.3 is 19.9 Å². The van der Waals surface area contributed by atoms with E-state index in [4.69, 9.17) is 17.0 Å². The van der Waals surface area contributed by atoms with Crippen LogP contribution >= 0.6 is 12.2 Å². The summed E-state index contributed by atoms with van der Waals surface area (Å²) in [7, 11) is 1.66. The molecule has 0 saturated heterocycles. The maximum Gasteiger partial charge on any atom is 0.253 e. The molecule has 0 fully saturated rings. The van der Waals surface area contributed by atoms with Crippen molar-refractivity contribution < 1.29 is 4.74 Å². The number of benzene rings is 2. The summed E-state index contributed by atoms with van der Waals surface area (Å²) in [6.45, 7) is 8.09. The highest BCUT2D eigenvalue weighted by Crippen LogP contribution is 2.21. The second kappa shape index (κ2) is 10.4.